The van der Waals surface area contributed by atoms with Crippen LogP contribution in [0.4, 0.5) is 10.1 Å². The first-order chi connectivity index (χ1) is 9.08. The van der Waals surface area contributed by atoms with Gasteiger partial charge in [-0.3, -0.25) is 9.69 Å². The summed E-state index contributed by atoms with van der Waals surface area (Å²) in [5.41, 5.74) is 0.244. The Morgan fingerprint density at radius 1 is 1.26 bits per heavy atom. The third kappa shape index (κ3) is 3.52. The monoisotopic (exact) mass is 265 g/mol. The zero-order chi connectivity index (χ0) is 13.8. The van der Waals surface area contributed by atoms with Crippen molar-refractivity contribution in [3.05, 3.63) is 30.1 Å². The number of carbonyl (C=O) groups excluding carboxylic acids is 1. The number of likely N-dealkylation sites (N-methyl/N-ethyl adjacent to an activating group) is 1. The summed E-state index contributed by atoms with van der Waals surface area (Å²) >= 11 is 0. The van der Waals surface area contributed by atoms with Gasteiger partial charge in [-0.25, -0.2) is 4.39 Å². The van der Waals surface area contributed by atoms with Crippen LogP contribution in [0, 0.1) is 5.82 Å². The average Bonchev–Trinajstić information content (AvgIpc) is 2.41. The number of carbonyl (C=O) groups is 1. The van der Waals surface area contributed by atoms with Gasteiger partial charge in [-0.1, -0.05) is 12.1 Å². The molecule has 1 aliphatic heterocycles. The summed E-state index contributed by atoms with van der Waals surface area (Å²) < 4.78 is 13.5. The van der Waals surface area contributed by atoms with Crippen molar-refractivity contribution < 1.29 is 9.18 Å². The van der Waals surface area contributed by atoms with E-state index in [4.69, 9.17) is 0 Å². The SMILES string of the molecule is C[C@@H](C(=O)Nc1ccccc1F)N1CCN(C)CC1. The first kappa shape index (κ1) is 14.0. The fourth-order valence-electron chi connectivity index (χ4n) is 2.17. The van der Waals surface area contributed by atoms with Gasteiger partial charge in [0.05, 0.1) is 11.7 Å². The molecular formula is C14H20FN3O. The van der Waals surface area contributed by atoms with Gasteiger partial charge in [0, 0.05) is 26.2 Å². The summed E-state index contributed by atoms with van der Waals surface area (Å²) in [7, 11) is 2.07. The Bertz CT molecular complexity index is 444. The first-order valence-electron chi connectivity index (χ1n) is 6.56. The third-order valence-electron chi connectivity index (χ3n) is 3.60. The van der Waals surface area contributed by atoms with Crippen molar-refractivity contribution in [1.29, 1.82) is 0 Å². The van der Waals surface area contributed by atoms with Gasteiger partial charge in [0.2, 0.25) is 5.91 Å². The highest BCUT2D eigenvalue weighted by molar-refractivity contribution is 5.94. The molecule has 1 fully saturated rings. The Hall–Kier alpha value is -1.46. The molecule has 1 aromatic rings. The maximum absolute atomic E-state index is 13.5. The number of hydrogen-bond donors (Lipinski definition) is 1. The molecule has 4 nitrogen and oxygen atoms in total. The number of anilines is 1. The number of benzene rings is 1. The third-order valence-corrected chi connectivity index (χ3v) is 3.60. The number of nitrogens with zero attached hydrogens (tertiary/aromatic N) is 2. The van der Waals surface area contributed by atoms with Crippen molar-refractivity contribution in [2.45, 2.75) is 13.0 Å². The molecule has 1 saturated heterocycles. The molecule has 19 heavy (non-hydrogen) atoms. The van der Waals surface area contributed by atoms with E-state index in [9.17, 15) is 9.18 Å². The lowest BCUT2D eigenvalue weighted by molar-refractivity contribution is -0.121. The second kappa shape index (κ2) is 6.12. The molecule has 1 aromatic carbocycles. The van der Waals surface area contributed by atoms with Crippen LogP contribution in [0.15, 0.2) is 24.3 Å². The molecule has 5 heteroatoms. The van der Waals surface area contributed by atoms with Crippen LogP contribution in [0.5, 0.6) is 0 Å². The Kier molecular flexibility index (Phi) is 4.50. The van der Waals surface area contributed by atoms with Gasteiger partial charge in [0.1, 0.15) is 5.82 Å². The van der Waals surface area contributed by atoms with Crippen LogP contribution in [0.2, 0.25) is 0 Å². The first-order valence-corrected chi connectivity index (χ1v) is 6.56. The maximum atomic E-state index is 13.5. The highest BCUT2D eigenvalue weighted by Crippen LogP contribution is 2.14. The molecule has 0 aliphatic carbocycles. The lowest BCUT2D eigenvalue weighted by Crippen LogP contribution is -2.51. The quantitative estimate of drug-likeness (QED) is 0.897. The van der Waals surface area contributed by atoms with Gasteiger partial charge in [-0.15, -0.1) is 0 Å². The molecule has 0 spiro atoms. The molecule has 1 heterocycles. The minimum atomic E-state index is -0.401. The molecule has 0 unspecified atom stereocenters. The maximum Gasteiger partial charge on any atom is 0.241 e. The molecule has 0 aromatic heterocycles. The van der Waals surface area contributed by atoms with Crippen LogP contribution < -0.4 is 5.32 Å². The number of rotatable bonds is 3. The summed E-state index contributed by atoms with van der Waals surface area (Å²) in [6.07, 6.45) is 0. The van der Waals surface area contributed by atoms with Crippen LogP contribution in [0.25, 0.3) is 0 Å². The fourth-order valence-corrected chi connectivity index (χ4v) is 2.17. The van der Waals surface area contributed by atoms with E-state index in [1.807, 2.05) is 6.92 Å². The Balaban J connectivity index is 1.94. The van der Waals surface area contributed by atoms with Gasteiger partial charge in [0.15, 0.2) is 0 Å². The minimum absolute atomic E-state index is 0.158. The average molecular weight is 265 g/mol. The summed E-state index contributed by atoms with van der Waals surface area (Å²) in [6.45, 7) is 5.50. The van der Waals surface area contributed by atoms with Crippen LogP contribution in [-0.2, 0) is 4.79 Å². The minimum Gasteiger partial charge on any atom is -0.322 e. The molecule has 0 saturated carbocycles. The largest absolute Gasteiger partial charge is 0.322 e. The summed E-state index contributed by atoms with van der Waals surface area (Å²) in [6, 6.07) is 5.99. The van der Waals surface area contributed by atoms with Gasteiger partial charge >= 0.3 is 0 Å². The van der Waals surface area contributed by atoms with Crippen molar-refractivity contribution in [1.82, 2.24) is 9.80 Å². The van der Waals surface area contributed by atoms with E-state index >= 15 is 0 Å². The van der Waals surface area contributed by atoms with E-state index in [1.165, 1.54) is 6.07 Å². The highest BCUT2D eigenvalue weighted by Gasteiger charge is 2.24. The molecule has 0 radical (unpaired) electrons. The lowest BCUT2D eigenvalue weighted by Gasteiger charge is -2.35. The Morgan fingerprint density at radius 3 is 2.53 bits per heavy atom. The lowest BCUT2D eigenvalue weighted by atomic mass is 10.2. The van der Waals surface area contributed by atoms with Crippen LogP contribution in [0.1, 0.15) is 6.92 Å². The predicted molar refractivity (Wildman–Crippen MR) is 73.6 cm³/mol. The number of hydrogen-bond acceptors (Lipinski definition) is 3. The van der Waals surface area contributed by atoms with Crippen molar-refractivity contribution >= 4 is 11.6 Å². The van der Waals surface area contributed by atoms with Gasteiger partial charge in [0.25, 0.3) is 0 Å². The number of piperazine rings is 1. The standard InChI is InChI=1S/C14H20FN3O/c1-11(18-9-7-17(2)8-10-18)14(19)16-13-6-4-3-5-12(13)15/h3-6,11H,7-10H2,1-2H3,(H,16,19)/t11-/m0/s1. The zero-order valence-electron chi connectivity index (χ0n) is 11.4. The molecule has 0 bridgehead atoms. The van der Waals surface area contributed by atoms with E-state index in [-0.39, 0.29) is 17.6 Å². The van der Waals surface area contributed by atoms with Crippen molar-refractivity contribution in [3.8, 4) is 0 Å². The molecule has 2 rings (SSSR count). The van der Waals surface area contributed by atoms with Crippen molar-refractivity contribution in [2.75, 3.05) is 38.5 Å². The van der Waals surface area contributed by atoms with Crippen molar-refractivity contribution in [2.24, 2.45) is 0 Å². The van der Waals surface area contributed by atoms with E-state index < -0.39 is 5.82 Å². The summed E-state index contributed by atoms with van der Waals surface area (Å²) in [5, 5.41) is 2.65. The van der Waals surface area contributed by atoms with E-state index in [2.05, 4.69) is 22.2 Å². The molecule has 1 N–H and O–H groups in total. The number of halogens is 1. The highest BCUT2D eigenvalue weighted by atomic mass is 19.1. The van der Waals surface area contributed by atoms with E-state index in [1.54, 1.807) is 18.2 Å². The van der Waals surface area contributed by atoms with E-state index in [0.29, 0.717) is 0 Å². The summed E-state index contributed by atoms with van der Waals surface area (Å²) in [4.78, 5) is 16.5. The van der Waals surface area contributed by atoms with Crippen LogP contribution >= 0.6 is 0 Å². The van der Waals surface area contributed by atoms with Gasteiger partial charge < -0.3 is 10.2 Å². The second-order valence-electron chi connectivity index (χ2n) is 4.98. The molecule has 1 atom stereocenters. The summed E-state index contributed by atoms with van der Waals surface area (Å²) in [5.74, 6) is -0.559. The van der Waals surface area contributed by atoms with Crippen LogP contribution in [-0.4, -0.2) is 55.0 Å². The molecular weight excluding hydrogens is 245 g/mol. The molecule has 104 valence electrons. The van der Waals surface area contributed by atoms with E-state index in [0.717, 1.165) is 26.2 Å². The van der Waals surface area contributed by atoms with Gasteiger partial charge in [-0.05, 0) is 26.1 Å². The number of amides is 1. The predicted octanol–water partition coefficient (Wildman–Crippen LogP) is 1.40. The molecule has 1 amide bonds. The number of nitrogens with one attached hydrogen (secondary N) is 1. The Labute approximate surface area is 113 Å². The normalized spacial score (nSPS) is 19.1. The van der Waals surface area contributed by atoms with Crippen LogP contribution in [0.3, 0.4) is 0 Å². The smallest absolute Gasteiger partial charge is 0.241 e. The topological polar surface area (TPSA) is 35.6 Å². The molecule has 1 aliphatic rings. The van der Waals surface area contributed by atoms with Gasteiger partial charge in [-0.2, -0.15) is 0 Å². The second-order valence-corrected chi connectivity index (χ2v) is 4.98. The van der Waals surface area contributed by atoms with Crippen molar-refractivity contribution in [3.63, 3.8) is 0 Å². The fraction of sp³-hybridized carbons (Fsp3) is 0.500. The number of para-hydroxylation sites is 1. The zero-order valence-corrected chi connectivity index (χ0v) is 11.4. The Morgan fingerprint density at radius 2 is 1.89 bits per heavy atom.